The molecule has 19 heavy (non-hydrogen) atoms. The molecule has 3 atom stereocenters. The van der Waals surface area contributed by atoms with Crippen LogP contribution in [0.1, 0.15) is 39.0 Å². The quantitative estimate of drug-likeness (QED) is 0.846. The van der Waals surface area contributed by atoms with Crippen molar-refractivity contribution >= 4 is 5.97 Å². The highest BCUT2D eigenvalue weighted by atomic mass is 16.4. The lowest BCUT2D eigenvalue weighted by Crippen LogP contribution is -2.52. The third-order valence-electron chi connectivity index (χ3n) is 4.91. The predicted molar refractivity (Wildman–Crippen MR) is 76.2 cm³/mol. The summed E-state index contributed by atoms with van der Waals surface area (Å²) in [6.07, 6.45) is 5.34. The average Bonchev–Trinajstić information content (AvgIpc) is 2.37. The molecule has 1 saturated heterocycles. The summed E-state index contributed by atoms with van der Waals surface area (Å²) in [5.74, 6) is 0.716. The Bertz CT molecular complexity index is 301. The van der Waals surface area contributed by atoms with Crippen molar-refractivity contribution in [2.24, 2.45) is 11.8 Å². The summed E-state index contributed by atoms with van der Waals surface area (Å²) in [5.41, 5.74) is 0. The van der Waals surface area contributed by atoms with Gasteiger partial charge in [-0.05, 0) is 31.7 Å². The average molecular weight is 268 g/mol. The second-order valence-corrected chi connectivity index (χ2v) is 6.54. The molecular formula is C15H28N2O2. The summed E-state index contributed by atoms with van der Waals surface area (Å²) < 4.78 is 0. The lowest BCUT2D eigenvalue weighted by atomic mass is 9.77. The summed E-state index contributed by atoms with van der Waals surface area (Å²) in [5, 5.41) is 9.23. The summed E-state index contributed by atoms with van der Waals surface area (Å²) in [4.78, 5) is 16.0. The maximum Gasteiger partial charge on any atom is 0.304 e. The highest BCUT2D eigenvalue weighted by molar-refractivity contribution is 5.67. The van der Waals surface area contributed by atoms with Gasteiger partial charge in [-0.3, -0.25) is 9.69 Å². The van der Waals surface area contributed by atoms with Crippen LogP contribution in [0.4, 0.5) is 0 Å². The molecule has 2 rings (SSSR count). The Kier molecular flexibility index (Phi) is 5.22. The van der Waals surface area contributed by atoms with Gasteiger partial charge in [0.25, 0.3) is 0 Å². The molecule has 2 fully saturated rings. The molecular weight excluding hydrogens is 240 g/mol. The fraction of sp³-hybridized carbons (Fsp3) is 0.933. The van der Waals surface area contributed by atoms with E-state index < -0.39 is 5.97 Å². The number of nitrogens with zero attached hydrogens (tertiary/aromatic N) is 2. The van der Waals surface area contributed by atoms with Crippen molar-refractivity contribution in [3.8, 4) is 0 Å². The Morgan fingerprint density at radius 1 is 1.26 bits per heavy atom. The molecule has 4 nitrogen and oxygen atoms in total. The summed E-state index contributed by atoms with van der Waals surface area (Å²) >= 11 is 0. The standard InChI is InChI=1S/C15H28N2O2/c1-12-4-3-5-13(10-12)14(11-15(18)19)17-8-6-16(2)7-9-17/h12-14H,3-11H2,1-2H3,(H,18,19). The van der Waals surface area contributed by atoms with Crippen LogP contribution in [0.5, 0.6) is 0 Å². The molecule has 0 aromatic rings. The Balaban J connectivity index is 2.00. The van der Waals surface area contributed by atoms with Gasteiger partial charge in [-0.2, -0.15) is 0 Å². The van der Waals surface area contributed by atoms with Gasteiger partial charge in [0.05, 0.1) is 6.42 Å². The number of aliphatic carboxylic acids is 1. The highest BCUT2D eigenvalue weighted by Crippen LogP contribution is 2.34. The first kappa shape index (κ1) is 14.8. The molecule has 1 N–H and O–H groups in total. The van der Waals surface area contributed by atoms with Crippen molar-refractivity contribution in [3.63, 3.8) is 0 Å². The smallest absolute Gasteiger partial charge is 0.304 e. The largest absolute Gasteiger partial charge is 0.481 e. The first-order valence-electron chi connectivity index (χ1n) is 7.70. The van der Waals surface area contributed by atoms with Crippen molar-refractivity contribution < 1.29 is 9.90 Å². The Morgan fingerprint density at radius 3 is 2.53 bits per heavy atom. The fourth-order valence-corrected chi connectivity index (χ4v) is 3.76. The summed E-state index contributed by atoms with van der Waals surface area (Å²) in [6.45, 7) is 6.50. The zero-order chi connectivity index (χ0) is 13.8. The normalized spacial score (nSPS) is 32.1. The third kappa shape index (κ3) is 4.18. The van der Waals surface area contributed by atoms with Gasteiger partial charge in [0.15, 0.2) is 0 Å². The van der Waals surface area contributed by atoms with Crippen molar-refractivity contribution in [1.82, 2.24) is 9.80 Å². The first-order valence-corrected chi connectivity index (χ1v) is 7.70. The maximum atomic E-state index is 11.2. The minimum Gasteiger partial charge on any atom is -0.481 e. The molecule has 1 aliphatic carbocycles. The van der Waals surface area contributed by atoms with Crippen LogP contribution >= 0.6 is 0 Å². The Labute approximate surface area is 116 Å². The molecule has 0 spiro atoms. The fourth-order valence-electron chi connectivity index (χ4n) is 3.76. The number of piperazine rings is 1. The zero-order valence-corrected chi connectivity index (χ0v) is 12.3. The van der Waals surface area contributed by atoms with Gasteiger partial charge < -0.3 is 10.0 Å². The third-order valence-corrected chi connectivity index (χ3v) is 4.91. The van der Waals surface area contributed by atoms with Gasteiger partial charge in [-0.15, -0.1) is 0 Å². The van der Waals surface area contributed by atoms with Crippen LogP contribution in [-0.2, 0) is 4.79 Å². The van der Waals surface area contributed by atoms with E-state index in [1.165, 1.54) is 25.7 Å². The van der Waals surface area contributed by atoms with E-state index in [9.17, 15) is 9.90 Å². The van der Waals surface area contributed by atoms with E-state index in [1.54, 1.807) is 0 Å². The van der Waals surface area contributed by atoms with E-state index in [4.69, 9.17) is 0 Å². The van der Waals surface area contributed by atoms with Gasteiger partial charge >= 0.3 is 5.97 Å². The van der Waals surface area contributed by atoms with E-state index in [0.29, 0.717) is 12.3 Å². The van der Waals surface area contributed by atoms with E-state index in [1.807, 2.05) is 0 Å². The van der Waals surface area contributed by atoms with Crippen LogP contribution < -0.4 is 0 Å². The summed E-state index contributed by atoms with van der Waals surface area (Å²) in [7, 11) is 2.15. The molecule has 0 radical (unpaired) electrons. The summed E-state index contributed by atoms with van der Waals surface area (Å²) in [6, 6.07) is 0.258. The monoisotopic (exact) mass is 268 g/mol. The van der Waals surface area contributed by atoms with E-state index >= 15 is 0 Å². The zero-order valence-electron chi connectivity index (χ0n) is 12.3. The predicted octanol–water partition coefficient (Wildman–Crippen LogP) is 1.90. The van der Waals surface area contributed by atoms with Gasteiger partial charge in [0, 0.05) is 32.2 Å². The van der Waals surface area contributed by atoms with Crippen LogP contribution in [-0.4, -0.2) is 60.1 Å². The molecule has 3 unspecified atom stereocenters. The van der Waals surface area contributed by atoms with Crippen molar-refractivity contribution in [2.75, 3.05) is 33.2 Å². The second-order valence-electron chi connectivity index (χ2n) is 6.54. The van der Waals surface area contributed by atoms with Crippen LogP contribution in [0.25, 0.3) is 0 Å². The van der Waals surface area contributed by atoms with Gasteiger partial charge in [0.2, 0.25) is 0 Å². The molecule has 1 saturated carbocycles. The number of likely N-dealkylation sites (N-methyl/N-ethyl adjacent to an activating group) is 1. The molecule has 110 valence electrons. The van der Waals surface area contributed by atoms with E-state index in [-0.39, 0.29) is 6.04 Å². The highest BCUT2D eigenvalue weighted by Gasteiger charge is 2.33. The molecule has 0 aromatic carbocycles. The maximum absolute atomic E-state index is 11.2. The molecule has 0 aromatic heterocycles. The molecule has 1 aliphatic heterocycles. The van der Waals surface area contributed by atoms with Crippen LogP contribution in [0.3, 0.4) is 0 Å². The van der Waals surface area contributed by atoms with Crippen molar-refractivity contribution in [1.29, 1.82) is 0 Å². The van der Waals surface area contributed by atoms with Crippen LogP contribution in [0.15, 0.2) is 0 Å². The second kappa shape index (κ2) is 6.71. The molecule has 4 heteroatoms. The van der Waals surface area contributed by atoms with E-state index in [2.05, 4.69) is 23.8 Å². The van der Waals surface area contributed by atoms with Crippen molar-refractivity contribution in [2.45, 2.75) is 45.1 Å². The van der Waals surface area contributed by atoms with Crippen molar-refractivity contribution in [3.05, 3.63) is 0 Å². The van der Waals surface area contributed by atoms with Gasteiger partial charge in [-0.1, -0.05) is 19.8 Å². The van der Waals surface area contributed by atoms with Crippen LogP contribution in [0, 0.1) is 11.8 Å². The minimum absolute atomic E-state index is 0.258. The van der Waals surface area contributed by atoms with Gasteiger partial charge in [-0.25, -0.2) is 0 Å². The van der Waals surface area contributed by atoms with E-state index in [0.717, 1.165) is 32.1 Å². The SMILES string of the molecule is CC1CCCC(C(CC(=O)O)N2CCN(C)CC2)C1. The molecule has 0 bridgehead atoms. The molecule has 1 heterocycles. The van der Waals surface area contributed by atoms with Gasteiger partial charge in [0.1, 0.15) is 0 Å². The number of hydrogen-bond donors (Lipinski definition) is 1. The number of carboxylic acids is 1. The Morgan fingerprint density at radius 2 is 1.95 bits per heavy atom. The lowest BCUT2D eigenvalue weighted by Gasteiger charge is -2.43. The number of hydrogen-bond acceptors (Lipinski definition) is 3. The lowest BCUT2D eigenvalue weighted by molar-refractivity contribution is -0.139. The molecule has 0 amide bonds. The topological polar surface area (TPSA) is 43.8 Å². The van der Waals surface area contributed by atoms with Crippen LogP contribution in [0.2, 0.25) is 0 Å². The Hall–Kier alpha value is -0.610. The number of carbonyl (C=O) groups is 1. The number of rotatable bonds is 4. The number of carboxylic acid groups (broad SMARTS) is 1. The molecule has 2 aliphatic rings. The first-order chi connectivity index (χ1) is 9.06. The minimum atomic E-state index is -0.637.